The predicted octanol–water partition coefficient (Wildman–Crippen LogP) is 2.87. The largest absolute Gasteiger partial charge is 0.371 e. The number of hydrogen-bond acceptors (Lipinski definition) is 4. The zero-order valence-electron chi connectivity index (χ0n) is 12.6. The average Bonchev–Trinajstić information content (AvgIpc) is 2.48. The Bertz CT molecular complexity index is 533. The highest BCUT2D eigenvalue weighted by atomic mass is 16.6. The second-order valence-corrected chi connectivity index (χ2v) is 6.48. The molecule has 114 valence electrons. The standard InChI is InChI=1S/C16H23N3O2/c1-13-14(5-2-6-15(13)19(20)21)18-10-4-8-16(12-18)7-3-9-17-11-16/h2,5-6,17H,3-4,7-12H2,1H3. The minimum absolute atomic E-state index is 0.230. The van der Waals surface area contributed by atoms with Crippen LogP contribution < -0.4 is 10.2 Å². The molecule has 1 unspecified atom stereocenters. The highest BCUT2D eigenvalue weighted by molar-refractivity contribution is 5.61. The average molecular weight is 289 g/mol. The van der Waals surface area contributed by atoms with Gasteiger partial charge in [0.25, 0.3) is 5.69 Å². The van der Waals surface area contributed by atoms with Crippen molar-refractivity contribution in [3.8, 4) is 0 Å². The van der Waals surface area contributed by atoms with E-state index in [1.165, 1.54) is 25.7 Å². The van der Waals surface area contributed by atoms with Gasteiger partial charge in [0.05, 0.1) is 10.5 Å². The van der Waals surface area contributed by atoms with Crippen LogP contribution in [0.2, 0.25) is 0 Å². The number of nitro benzene ring substituents is 1. The summed E-state index contributed by atoms with van der Waals surface area (Å²) < 4.78 is 0. The lowest BCUT2D eigenvalue weighted by Crippen LogP contribution is -2.51. The molecule has 1 atom stereocenters. The second-order valence-electron chi connectivity index (χ2n) is 6.48. The third-order valence-corrected chi connectivity index (χ3v) is 5.04. The smallest absolute Gasteiger partial charge is 0.274 e. The molecule has 5 heteroatoms. The SMILES string of the molecule is Cc1c(N2CCCC3(CCCNC3)C2)cccc1[N+](=O)[O-]. The first-order chi connectivity index (χ1) is 10.1. The molecule has 1 N–H and O–H groups in total. The minimum atomic E-state index is -0.277. The quantitative estimate of drug-likeness (QED) is 0.672. The van der Waals surface area contributed by atoms with E-state index in [1.54, 1.807) is 12.1 Å². The molecular weight excluding hydrogens is 266 g/mol. The van der Waals surface area contributed by atoms with Gasteiger partial charge in [-0.1, -0.05) is 6.07 Å². The molecule has 1 aromatic carbocycles. The van der Waals surface area contributed by atoms with Gasteiger partial charge in [-0.2, -0.15) is 0 Å². The van der Waals surface area contributed by atoms with E-state index >= 15 is 0 Å². The molecule has 5 nitrogen and oxygen atoms in total. The monoisotopic (exact) mass is 289 g/mol. The summed E-state index contributed by atoms with van der Waals surface area (Å²) in [6, 6.07) is 5.43. The van der Waals surface area contributed by atoms with Crippen LogP contribution in [0.5, 0.6) is 0 Å². The van der Waals surface area contributed by atoms with Crippen LogP contribution in [-0.4, -0.2) is 31.1 Å². The third kappa shape index (κ3) is 2.75. The van der Waals surface area contributed by atoms with Crippen LogP contribution in [0, 0.1) is 22.5 Å². The van der Waals surface area contributed by atoms with Crippen molar-refractivity contribution in [2.24, 2.45) is 5.41 Å². The molecule has 1 aromatic rings. The van der Waals surface area contributed by atoms with Crippen LogP contribution in [0.1, 0.15) is 31.2 Å². The molecule has 2 aliphatic rings. The third-order valence-electron chi connectivity index (χ3n) is 5.04. The van der Waals surface area contributed by atoms with Crippen molar-refractivity contribution < 1.29 is 4.92 Å². The maximum absolute atomic E-state index is 11.1. The fourth-order valence-electron chi connectivity index (χ4n) is 3.94. The van der Waals surface area contributed by atoms with Crippen LogP contribution in [-0.2, 0) is 0 Å². The van der Waals surface area contributed by atoms with Crippen molar-refractivity contribution in [1.82, 2.24) is 5.32 Å². The van der Waals surface area contributed by atoms with Gasteiger partial charge in [-0.05, 0) is 45.2 Å². The van der Waals surface area contributed by atoms with Gasteiger partial charge in [-0.25, -0.2) is 0 Å². The van der Waals surface area contributed by atoms with Crippen LogP contribution in [0.3, 0.4) is 0 Å². The number of piperidine rings is 2. The second kappa shape index (κ2) is 5.64. The lowest BCUT2D eigenvalue weighted by Gasteiger charge is -2.46. The maximum atomic E-state index is 11.1. The molecule has 1 spiro atoms. The van der Waals surface area contributed by atoms with Crippen LogP contribution in [0.4, 0.5) is 11.4 Å². The van der Waals surface area contributed by atoms with Crippen molar-refractivity contribution in [1.29, 1.82) is 0 Å². The van der Waals surface area contributed by atoms with Gasteiger partial charge in [-0.3, -0.25) is 10.1 Å². The Balaban J connectivity index is 1.86. The zero-order valence-corrected chi connectivity index (χ0v) is 12.6. The molecule has 3 rings (SSSR count). The van der Waals surface area contributed by atoms with Crippen molar-refractivity contribution in [2.45, 2.75) is 32.6 Å². The summed E-state index contributed by atoms with van der Waals surface area (Å²) in [7, 11) is 0. The Morgan fingerprint density at radius 2 is 2.14 bits per heavy atom. The summed E-state index contributed by atoms with van der Waals surface area (Å²) >= 11 is 0. The number of anilines is 1. The highest BCUT2D eigenvalue weighted by Crippen LogP contribution is 2.39. The topological polar surface area (TPSA) is 58.4 Å². The number of benzene rings is 1. The van der Waals surface area contributed by atoms with Crippen molar-refractivity contribution in [2.75, 3.05) is 31.1 Å². The van der Waals surface area contributed by atoms with Gasteiger partial charge in [0, 0.05) is 36.8 Å². The van der Waals surface area contributed by atoms with E-state index in [2.05, 4.69) is 10.2 Å². The van der Waals surface area contributed by atoms with Gasteiger partial charge in [-0.15, -0.1) is 0 Å². The molecule has 2 aliphatic heterocycles. The first-order valence-corrected chi connectivity index (χ1v) is 7.81. The number of nitro groups is 1. The predicted molar refractivity (Wildman–Crippen MR) is 83.8 cm³/mol. The molecule has 2 fully saturated rings. The summed E-state index contributed by atoms with van der Waals surface area (Å²) in [4.78, 5) is 13.2. The van der Waals surface area contributed by atoms with Gasteiger partial charge in [0.15, 0.2) is 0 Å². The van der Waals surface area contributed by atoms with E-state index in [1.807, 2.05) is 13.0 Å². The van der Waals surface area contributed by atoms with E-state index in [0.29, 0.717) is 5.41 Å². The fraction of sp³-hybridized carbons (Fsp3) is 0.625. The van der Waals surface area contributed by atoms with Crippen LogP contribution >= 0.6 is 0 Å². The van der Waals surface area contributed by atoms with Gasteiger partial charge in [0.1, 0.15) is 0 Å². The van der Waals surface area contributed by atoms with Crippen molar-refractivity contribution >= 4 is 11.4 Å². The van der Waals surface area contributed by atoms with Crippen molar-refractivity contribution in [3.63, 3.8) is 0 Å². The summed E-state index contributed by atoms with van der Waals surface area (Å²) in [6.07, 6.45) is 4.94. The molecule has 0 saturated carbocycles. The summed E-state index contributed by atoms with van der Waals surface area (Å²) in [5, 5.41) is 14.7. The van der Waals surface area contributed by atoms with E-state index < -0.39 is 0 Å². The number of nitrogens with zero attached hydrogens (tertiary/aromatic N) is 2. The fourth-order valence-corrected chi connectivity index (χ4v) is 3.94. The first-order valence-electron chi connectivity index (χ1n) is 7.81. The summed E-state index contributed by atoms with van der Waals surface area (Å²) in [5.41, 5.74) is 2.42. The number of rotatable bonds is 2. The molecule has 0 bridgehead atoms. The maximum Gasteiger partial charge on any atom is 0.274 e. The summed E-state index contributed by atoms with van der Waals surface area (Å²) in [6.45, 7) is 6.09. The Kier molecular flexibility index (Phi) is 3.85. The van der Waals surface area contributed by atoms with E-state index in [4.69, 9.17) is 0 Å². The first kappa shape index (κ1) is 14.3. The molecular formula is C16H23N3O2. The molecule has 0 aliphatic carbocycles. The van der Waals surface area contributed by atoms with E-state index in [0.717, 1.165) is 37.4 Å². The van der Waals surface area contributed by atoms with Gasteiger partial charge >= 0.3 is 0 Å². The lowest BCUT2D eigenvalue weighted by molar-refractivity contribution is -0.385. The Morgan fingerprint density at radius 3 is 2.86 bits per heavy atom. The lowest BCUT2D eigenvalue weighted by atomic mass is 9.74. The van der Waals surface area contributed by atoms with E-state index in [9.17, 15) is 10.1 Å². The molecule has 2 heterocycles. The Labute approximate surface area is 125 Å². The van der Waals surface area contributed by atoms with Crippen LogP contribution in [0.15, 0.2) is 18.2 Å². The van der Waals surface area contributed by atoms with Crippen molar-refractivity contribution in [3.05, 3.63) is 33.9 Å². The molecule has 0 amide bonds. The van der Waals surface area contributed by atoms with Crippen LogP contribution in [0.25, 0.3) is 0 Å². The zero-order chi connectivity index (χ0) is 14.9. The van der Waals surface area contributed by atoms with Gasteiger partial charge in [0.2, 0.25) is 0 Å². The molecule has 0 aromatic heterocycles. The number of hydrogen-bond donors (Lipinski definition) is 1. The Hall–Kier alpha value is -1.62. The Morgan fingerprint density at radius 1 is 1.33 bits per heavy atom. The number of nitrogens with one attached hydrogen (secondary N) is 1. The highest BCUT2D eigenvalue weighted by Gasteiger charge is 2.37. The normalized spacial score (nSPS) is 26.0. The van der Waals surface area contributed by atoms with Gasteiger partial charge < -0.3 is 10.2 Å². The minimum Gasteiger partial charge on any atom is -0.371 e. The summed E-state index contributed by atoms with van der Waals surface area (Å²) in [5.74, 6) is 0. The molecule has 0 radical (unpaired) electrons. The van der Waals surface area contributed by atoms with E-state index in [-0.39, 0.29) is 10.6 Å². The molecule has 21 heavy (non-hydrogen) atoms. The molecule has 2 saturated heterocycles.